The SMILES string of the molecule is N=C(N)NCCCC(C(N)=O)n1c(-c2cccc(Oc3cc(Cl)cc(Cl)c3)c2)nc2cc(C(=O)NCc3cccc(C(F)(F)F)c3)ccc21. The van der Waals surface area contributed by atoms with Crippen molar-refractivity contribution in [2.45, 2.75) is 31.6 Å². The zero-order valence-electron chi connectivity index (χ0n) is 25.7. The number of imidazole rings is 1. The number of nitrogens with one attached hydrogen (secondary N) is 3. The van der Waals surface area contributed by atoms with Crippen LogP contribution in [0, 0.1) is 5.41 Å². The van der Waals surface area contributed by atoms with Gasteiger partial charge < -0.3 is 31.4 Å². The second-order valence-corrected chi connectivity index (χ2v) is 11.9. The molecule has 1 aromatic heterocycles. The molecular weight excluding hydrogens is 682 g/mol. The van der Waals surface area contributed by atoms with Gasteiger partial charge in [0, 0.05) is 34.3 Å². The predicted octanol–water partition coefficient (Wildman–Crippen LogP) is 7.04. The van der Waals surface area contributed by atoms with Crippen molar-refractivity contribution in [2.24, 2.45) is 11.5 Å². The number of amides is 2. The Morgan fingerprint density at radius 3 is 2.35 bits per heavy atom. The van der Waals surface area contributed by atoms with Gasteiger partial charge in [0.2, 0.25) is 5.91 Å². The van der Waals surface area contributed by atoms with Gasteiger partial charge in [-0.2, -0.15) is 13.2 Å². The first kappa shape index (κ1) is 35.0. The molecule has 4 aromatic carbocycles. The lowest BCUT2D eigenvalue weighted by atomic mass is 10.1. The fourth-order valence-electron chi connectivity index (χ4n) is 5.24. The van der Waals surface area contributed by atoms with Gasteiger partial charge in [-0.05, 0) is 79.1 Å². The Kier molecular flexibility index (Phi) is 10.6. The summed E-state index contributed by atoms with van der Waals surface area (Å²) in [5, 5.41) is 13.5. The maximum Gasteiger partial charge on any atom is 0.416 e. The topological polar surface area (TPSA) is 161 Å². The molecule has 254 valence electrons. The smallest absolute Gasteiger partial charge is 0.416 e. The number of carbonyl (C=O) groups excluding carboxylic acids is 2. The van der Waals surface area contributed by atoms with Crippen molar-refractivity contribution in [3.05, 3.63) is 112 Å². The Balaban J connectivity index is 1.50. The third-order valence-electron chi connectivity index (χ3n) is 7.43. The number of fused-ring (bicyclic) bond motifs is 1. The molecule has 5 rings (SSSR count). The maximum atomic E-state index is 13.2. The Morgan fingerprint density at radius 2 is 1.65 bits per heavy atom. The number of hydrogen-bond donors (Lipinski definition) is 5. The highest BCUT2D eigenvalue weighted by atomic mass is 35.5. The fourth-order valence-corrected chi connectivity index (χ4v) is 5.75. The van der Waals surface area contributed by atoms with Crippen molar-refractivity contribution < 1.29 is 27.5 Å². The van der Waals surface area contributed by atoms with Gasteiger partial charge in [0.15, 0.2) is 5.96 Å². The van der Waals surface area contributed by atoms with E-state index in [4.69, 9.17) is 49.8 Å². The molecule has 0 fully saturated rings. The lowest BCUT2D eigenvalue weighted by Gasteiger charge is -2.20. The van der Waals surface area contributed by atoms with Gasteiger partial charge in [0.25, 0.3) is 5.91 Å². The molecule has 0 aliphatic heterocycles. The molecule has 15 heteroatoms. The van der Waals surface area contributed by atoms with Crippen molar-refractivity contribution in [1.82, 2.24) is 20.2 Å². The molecule has 5 aromatic rings. The number of guanidine groups is 1. The minimum absolute atomic E-state index is 0.136. The fraction of sp³-hybridized carbons (Fsp3) is 0.176. The van der Waals surface area contributed by atoms with Gasteiger partial charge in [-0.15, -0.1) is 0 Å². The lowest BCUT2D eigenvalue weighted by molar-refractivity contribution is -0.137. The third-order valence-corrected chi connectivity index (χ3v) is 7.87. The largest absolute Gasteiger partial charge is 0.457 e. The van der Waals surface area contributed by atoms with E-state index in [9.17, 15) is 22.8 Å². The van der Waals surface area contributed by atoms with E-state index in [1.54, 1.807) is 53.1 Å². The van der Waals surface area contributed by atoms with Gasteiger partial charge >= 0.3 is 6.18 Å². The van der Waals surface area contributed by atoms with Crippen LogP contribution in [0.15, 0.2) is 84.9 Å². The van der Waals surface area contributed by atoms with Crippen molar-refractivity contribution in [3.8, 4) is 22.9 Å². The van der Waals surface area contributed by atoms with Crippen LogP contribution >= 0.6 is 23.2 Å². The Morgan fingerprint density at radius 1 is 0.918 bits per heavy atom. The first-order valence-electron chi connectivity index (χ1n) is 14.9. The molecule has 1 heterocycles. The number of primary amides is 1. The van der Waals surface area contributed by atoms with E-state index >= 15 is 0 Å². The van der Waals surface area contributed by atoms with Crippen molar-refractivity contribution >= 4 is 52.0 Å². The zero-order valence-corrected chi connectivity index (χ0v) is 27.2. The molecule has 49 heavy (non-hydrogen) atoms. The van der Waals surface area contributed by atoms with Crippen LogP contribution in [-0.2, 0) is 17.5 Å². The minimum atomic E-state index is -4.51. The van der Waals surface area contributed by atoms with Crippen LogP contribution in [0.2, 0.25) is 10.0 Å². The number of alkyl halides is 3. The summed E-state index contributed by atoms with van der Waals surface area (Å²) in [7, 11) is 0. The van der Waals surface area contributed by atoms with Gasteiger partial charge in [0.05, 0.1) is 16.6 Å². The molecule has 7 N–H and O–H groups in total. The molecule has 2 amide bonds. The van der Waals surface area contributed by atoms with Gasteiger partial charge in [-0.1, -0.05) is 47.5 Å². The highest BCUT2D eigenvalue weighted by Crippen LogP contribution is 2.35. The molecule has 0 bridgehead atoms. The second-order valence-electron chi connectivity index (χ2n) is 11.0. The van der Waals surface area contributed by atoms with Crippen LogP contribution in [0.4, 0.5) is 13.2 Å². The highest BCUT2D eigenvalue weighted by molar-refractivity contribution is 6.34. The molecule has 1 unspecified atom stereocenters. The van der Waals surface area contributed by atoms with Crippen LogP contribution in [0.1, 0.15) is 40.4 Å². The van der Waals surface area contributed by atoms with Crippen LogP contribution in [-0.4, -0.2) is 33.9 Å². The summed E-state index contributed by atoms with van der Waals surface area (Å²) >= 11 is 12.3. The number of halogens is 5. The predicted molar refractivity (Wildman–Crippen MR) is 182 cm³/mol. The normalized spacial score (nSPS) is 12.0. The summed E-state index contributed by atoms with van der Waals surface area (Å²) in [5.41, 5.74) is 12.4. The number of nitrogens with zero attached hydrogens (tertiary/aromatic N) is 2. The molecule has 0 aliphatic carbocycles. The summed E-state index contributed by atoms with van der Waals surface area (Å²) in [5.74, 6) is -0.196. The van der Waals surface area contributed by atoms with Crippen molar-refractivity contribution in [1.29, 1.82) is 5.41 Å². The summed E-state index contributed by atoms with van der Waals surface area (Å²) < 4.78 is 47.2. The Bertz CT molecular complexity index is 2010. The number of hydrogen-bond acceptors (Lipinski definition) is 5. The standard InChI is InChI=1S/C34H30Cl2F3N7O3/c35-23-15-24(36)17-26(16-23)49-25-7-2-5-20(13-25)31-45-27-14-21(32(48)44-18-19-4-1-6-22(12-19)34(37,38)39)9-10-28(27)46(31)29(30(40)47)8-3-11-43-33(41)42/h1-2,4-7,9-10,12-17,29H,3,8,11,18H2,(H2,40,47)(H,44,48)(H4,41,42,43). The van der Waals surface area contributed by atoms with E-state index in [0.29, 0.717) is 56.9 Å². The summed E-state index contributed by atoms with van der Waals surface area (Å²) in [6.45, 7) is 0.186. The summed E-state index contributed by atoms with van der Waals surface area (Å²) in [6, 6.07) is 20.2. The molecular formula is C34H30Cl2F3N7O3. The van der Waals surface area contributed by atoms with E-state index in [1.165, 1.54) is 24.3 Å². The quantitative estimate of drug-likeness (QED) is 0.0530. The number of benzene rings is 4. The van der Waals surface area contributed by atoms with E-state index in [1.807, 2.05) is 0 Å². The van der Waals surface area contributed by atoms with Crippen LogP contribution in [0.25, 0.3) is 22.4 Å². The van der Waals surface area contributed by atoms with Crippen molar-refractivity contribution in [3.63, 3.8) is 0 Å². The van der Waals surface area contributed by atoms with Crippen LogP contribution in [0.3, 0.4) is 0 Å². The lowest BCUT2D eigenvalue weighted by Crippen LogP contribution is -2.32. The number of carbonyl (C=O) groups is 2. The molecule has 10 nitrogen and oxygen atoms in total. The highest BCUT2D eigenvalue weighted by Gasteiger charge is 2.30. The van der Waals surface area contributed by atoms with E-state index in [0.717, 1.165) is 12.1 Å². The third kappa shape index (κ3) is 8.80. The van der Waals surface area contributed by atoms with E-state index in [2.05, 4.69) is 10.6 Å². The summed E-state index contributed by atoms with van der Waals surface area (Å²) in [6.07, 6.45) is -3.81. The number of rotatable bonds is 12. The molecule has 0 aliphatic rings. The second kappa shape index (κ2) is 14.9. The molecule has 0 radical (unpaired) electrons. The summed E-state index contributed by atoms with van der Waals surface area (Å²) in [4.78, 5) is 30.8. The monoisotopic (exact) mass is 711 g/mol. The van der Waals surface area contributed by atoms with E-state index < -0.39 is 29.6 Å². The maximum absolute atomic E-state index is 13.2. The minimum Gasteiger partial charge on any atom is -0.457 e. The van der Waals surface area contributed by atoms with Gasteiger partial charge in [-0.3, -0.25) is 15.0 Å². The Hall–Kier alpha value is -5.27. The first-order chi connectivity index (χ1) is 23.3. The van der Waals surface area contributed by atoms with Gasteiger partial charge in [0.1, 0.15) is 23.4 Å². The first-order valence-corrected chi connectivity index (χ1v) is 15.6. The molecule has 0 saturated carbocycles. The number of ether oxygens (including phenoxy) is 1. The molecule has 0 spiro atoms. The Labute approximate surface area is 288 Å². The average molecular weight is 713 g/mol. The average Bonchev–Trinajstić information content (AvgIpc) is 3.41. The van der Waals surface area contributed by atoms with Crippen LogP contribution < -0.4 is 26.8 Å². The number of nitrogens with two attached hydrogens (primary N) is 2. The van der Waals surface area contributed by atoms with E-state index in [-0.39, 0.29) is 30.1 Å². The van der Waals surface area contributed by atoms with Gasteiger partial charge in [-0.25, -0.2) is 4.98 Å². The number of aromatic nitrogens is 2. The molecule has 0 saturated heterocycles. The van der Waals surface area contributed by atoms with Crippen molar-refractivity contribution in [2.75, 3.05) is 6.54 Å². The van der Waals surface area contributed by atoms with Crippen LogP contribution in [0.5, 0.6) is 11.5 Å². The zero-order chi connectivity index (χ0) is 35.3. The molecule has 1 atom stereocenters.